The number of rotatable bonds is 8. The van der Waals surface area contributed by atoms with Gasteiger partial charge in [0.05, 0.1) is 11.3 Å². The maximum Gasteiger partial charge on any atom is 0.322 e. The molecule has 1 aromatic heterocycles. The van der Waals surface area contributed by atoms with E-state index >= 15 is 0 Å². The Bertz CT molecular complexity index is 1220. The molecule has 1 amide bonds. The molecule has 0 atom stereocenters. The summed E-state index contributed by atoms with van der Waals surface area (Å²) < 4.78 is 42.6. The van der Waals surface area contributed by atoms with Crippen LogP contribution in [0.1, 0.15) is 35.7 Å². The Kier molecular flexibility index (Phi) is 6.10. The molecular weight excluding hydrogens is 436 g/mol. The number of anilines is 1. The molecule has 11 heteroatoms. The van der Waals surface area contributed by atoms with Crippen LogP contribution < -0.4 is 14.8 Å². The van der Waals surface area contributed by atoms with Crippen LogP contribution in [0.2, 0.25) is 0 Å². The van der Waals surface area contributed by atoms with Crippen LogP contribution in [0.15, 0.2) is 51.8 Å². The molecule has 0 unspecified atom stereocenters. The summed E-state index contributed by atoms with van der Waals surface area (Å²) >= 11 is 0. The van der Waals surface area contributed by atoms with Gasteiger partial charge in [-0.25, -0.2) is 8.42 Å². The average molecular weight is 458 g/mol. The molecule has 1 aliphatic rings. The number of carbonyl (C=O) groups excluding carboxylic acids is 1. The quantitative estimate of drug-likeness (QED) is 0.546. The Morgan fingerprint density at radius 3 is 2.47 bits per heavy atom. The molecule has 10 nitrogen and oxygen atoms in total. The van der Waals surface area contributed by atoms with Crippen molar-refractivity contribution in [3.8, 4) is 11.5 Å². The van der Waals surface area contributed by atoms with Crippen molar-refractivity contribution in [2.24, 2.45) is 0 Å². The molecule has 4 rings (SSSR count). The maximum absolute atomic E-state index is 12.6. The minimum absolute atomic E-state index is 0.0504. The molecule has 2 heterocycles. The van der Waals surface area contributed by atoms with E-state index < -0.39 is 15.9 Å². The molecule has 0 saturated heterocycles. The zero-order valence-electron chi connectivity index (χ0n) is 17.6. The lowest BCUT2D eigenvalue weighted by Gasteiger charge is -2.18. The van der Waals surface area contributed by atoms with Gasteiger partial charge in [-0.3, -0.25) is 10.1 Å². The number of nitrogens with one attached hydrogen (secondary N) is 1. The average Bonchev–Trinajstić information content (AvgIpc) is 3.43. The van der Waals surface area contributed by atoms with E-state index in [0.717, 1.165) is 5.56 Å². The lowest BCUT2D eigenvalue weighted by Crippen LogP contribution is -2.30. The van der Waals surface area contributed by atoms with Gasteiger partial charge in [0, 0.05) is 18.7 Å². The first-order chi connectivity index (χ1) is 15.4. The number of hydrogen-bond acceptors (Lipinski definition) is 8. The second-order valence-corrected chi connectivity index (χ2v) is 8.87. The molecule has 0 fully saturated rings. The number of sulfonamides is 1. The van der Waals surface area contributed by atoms with Crippen molar-refractivity contribution in [2.75, 3.05) is 25.2 Å². The van der Waals surface area contributed by atoms with E-state index in [1.165, 1.54) is 28.6 Å². The highest BCUT2D eigenvalue weighted by atomic mass is 32.2. The number of nitrogens with zero attached hydrogens (tertiary/aromatic N) is 3. The van der Waals surface area contributed by atoms with Gasteiger partial charge in [-0.15, -0.1) is 5.10 Å². The van der Waals surface area contributed by atoms with E-state index in [1.807, 2.05) is 12.1 Å². The molecule has 3 aromatic rings. The smallest absolute Gasteiger partial charge is 0.322 e. The number of benzene rings is 2. The number of ether oxygens (including phenoxy) is 2. The number of hydrogen-bond donors (Lipinski definition) is 1. The zero-order chi connectivity index (χ0) is 22.7. The highest BCUT2D eigenvalue weighted by Gasteiger charge is 2.22. The van der Waals surface area contributed by atoms with E-state index in [2.05, 4.69) is 15.5 Å². The SMILES string of the molecule is CCN(CC)S(=O)(=O)c1ccc(C(=O)Nc2nnc(Cc3ccc4c(c3)OCO4)o2)cc1. The lowest BCUT2D eigenvalue weighted by molar-refractivity contribution is 0.102. The second kappa shape index (κ2) is 8.97. The Balaban J connectivity index is 1.41. The van der Waals surface area contributed by atoms with Crippen molar-refractivity contribution in [1.82, 2.24) is 14.5 Å². The molecule has 168 valence electrons. The van der Waals surface area contributed by atoms with Gasteiger partial charge in [-0.1, -0.05) is 25.0 Å². The largest absolute Gasteiger partial charge is 0.454 e. The first kappa shape index (κ1) is 21.8. The number of amides is 1. The molecule has 1 aliphatic heterocycles. The standard InChI is InChI=1S/C21H22N4O6S/c1-3-25(4-2)32(27,28)16-8-6-15(7-9-16)20(26)22-21-24-23-19(31-21)12-14-5-10-17-18(11-14)30-13-29-17/h5-11H,3-4,12-13H2,1-2H3,(H,22,24,26). The summed E-state index contributed by atoms with van der Waals surface area (Å²) in [7, 11) is -3.59. The van der Waals surface area contributed by atoms with Crippen LogP contribution in [0.25, 0.3) is 0 Å². The zero-order valence-corrected chi connectivity index (χ0v) is 18.4. The fourth-order valence-corrected chi connectivity index (χ4v) is 4.72. The van der Waals surface area contributed by atoms with Crippen molar-refractivity contribution in [2.45, 2.75) is 25.2 Å². The third kappa shape index (κ3) is 4.43. The Hall–Kier alpha value is -3.44. The van der Waals surface area contributed by atoms with Gasteiger partial charge in [0.25, 0.3) is 5.91 Å². The molecule has 0 bridgehead atoms. The highest BCUT2D eigenvalue weighted by Crippen LogP contribution is 2.33. The highest BCUT2D eigenvalue weighted by molar-refractivity contribution is 7.89. The number of aromatic nitrogens is 2. The number of carbonyl (C=O) groups is 1. The van der Waals surface area contributed by atoms with E-state index in [1.54, 1.807) is 19.9 Å². The van der Waals surface area contributed by atoms with Crippen LogP contribution in [0.3, 0.4) is 0 Å². The van der Waals surface area contributed by atoms with Crippen molar-refractivity contribution >= 4 is 21.9 Å². The van der Waals surface area contributed by atoms with Gasteiger partial charge < -0.3 is 13.9 Å². The van der Waals surface area contributed by atoms with Crippen LogP contribution in [-0.4, -0.2) is 48.7 Å². The van der Waals surface area contributed by atoms with Crippen LogP contribution in [-0.2, 0) is 16.4 Å². The van der Waals surface area contributed by atoms with Gasteiger partial charge in [-0.05, 0) is 42.0 Å². The van der Waals surface area contributed by atoms with Crippen molar-refractivity contribution < 1.29 is 27.1 Å². The Labute approximate surface area is 185 Å². The Morgan fingerprint density at radius 2 is 1.75 bits per heavy atom. The van der Waals surface area contributed by atoms with Crippen LogP contribution in [0, 0.1) is 0 Å². The minimum atomic E-state index is -3.59. The van der Waals surface area contributed by atoms with E-state index in [9.17, 15) is 13.2 Å². The fourth-order valence-electron chi connectivity index (χ4n) is 3.26. The summed E-state index contributed by atoms with van der Waals surface area (Å²) in [4.78, 5) is 12.6. The summed E-state index contributed by atoms with van der Waals surface area (Å²) in [5, 5.41) is 10.3. The lowest BCUT2D eigenvalue weighted by atomic mass is 10.1. The first-order valence-corrected chi connectivity index (χ1v) is 11.5. The van der Waals surface area contributed by atoms with Crippen molar-refractivity contribution in [1.29, 1.82) is 0 Å². The van der Waals surface area contributed by atoms with Crippen LogP contribution >= 0.6 is 0 Å². The summed E-state index contributed by atoms with van der Waals surface area (Å²) in [5.41, 5.74) is 1.15. The second-order valence-electron chi connectivity index (χ2n) is 6.93. The summed E-state index contributed by atoms with van der Waals surface area (Å²) in [6, 6.07) is 11.1. The van der Waals surface area contributed by atoms with Gasteiger partial charge in [0.2, 0.25) is 22.7 Å². The third-order valence-corrected chi connectivity index (χ3v) is 7.00. The topological polar surface area (TPSA) is 124 Å². The van der Waals surface area contributed by atoms with E-state index in [0.29, 0.717) is 36.9 Å². The predicted molar refractivity (Wildman–Crippen MR) is 114 cm³/mol. The van der Waals surface area contributed by atoms with E-state index in [-0.39, 0.29) is 23.3 Å². The monoisotopic (exact) mass is 458 g/mol. The number of fused-ring (bicyclic) bond motifs is 1. The molecule has 2 aromatic carbocycles. The summed E-state index contributed by atoms with van der Waals surface area (Å²) in [6.45, 7) is 4.47. The van der Waals surface area contributed by atoms with Gasteiger partial charge in [0.1, 0.15) is 0 Å². The first-order valence-electron chi connectivity index (χ1n) is 10.0. The predicted octanol–water partition coefficient (Wildman–Crippen LogP) is 2.67. The molecule has 0 radical (unpaired) electrons. The van der Waals surface area contributed by atoms with Crippen molar-refractivity contribution in [3.63, 3.8) is 0 Å². The third-order valence-electron chi connectivity index (χ3n) is 4.94. The molecule has 32 heavy (non-hydrogen) atoms. The molecule has 0 aliphatic carbocycles. The molecule has 0 saturated carbocycles. The molecule has 1 N–H and O–H groups in total. The Morgan fingerprint density at radius 1 is 1.03 bits per heavy atom. The van der Waals surface area contributed by atoms with E-state index in [4.69, 9.17) is 13.9 Å². The van der Waals surface area contributed by atoms with Crippen LogP contribution in [0.5, 0.6) is 11.5 Å². The van der Waals surface area contributed by atoms with Gasteiger partial charge in [-0.2, -0.15) is 4.31 Å². The summed E-state index contributed by atoms with van der Waals surface area (Å²) in [6.07, 6.45) is 0.359. The normalized spacial score (nSPS) is 12.8. The van der Waals surface area contributed by atoms with Gasteiger partial charge >= 0.3 is 6.01 Å². The van der Waals surface area contributed by atoms with Crippen molar-refractivity contribution in [3.05, 3.63) is 59.5 Å². The van der Waals surface area contributed by atoms with Gasteiger partial charge in [0.15, 0.2) is 11.5 Å². The molecule has 0 spiro atoms. The maximum atomic E-state index is 12.6. The molecular formula is C21H22N4O6S. The fraction of sp³-hybridized carbons (Fsp3) is 0.286. The van der Waals surface area contributed by atoms with Crippen LogP contribution in [0.4, 0.5) is 6.01 Å². The summed E-state index contributed by atoms with van der Waals surface area (Å²) in [5.74, 6) is 1.17. The minimum Gasteiger partial charge on any atom is -0.454 e.